The number of hydrogen-bond acceptors (Lipinski definition) is 7. The molecular weight excluding hydrogens is 550 g/mol. The highest BCUT2D eigenvalue weighted by Gasteiger charge is 2.42. The van der Waals surface area contributed by atoms with Crippen LogP contribution in [0.4, 0.5) is 4.79 Å². The van der Waals surface area contributed by atoms with Crippen molar-refractivity contribution in [3.8, 4) is 11.5 Å². The summed E-state index contributed by atoms with van der Waals surface area (Å²) in [4.78, 5) is 42.4. The van der Waals surface area contributed by atoms with Crippen molar-refractivity contribution in [2.45, 2.75) is 58.0 Å². The molecule has 0 N–H and O–H groups in total. The smallest absolute Gasteiger partial charge is 0.415 e. The predicted molar refractivity (Wildman–Crippen MR) is 165 cm³/mol. The number of para-hydroxylation sites is 1. The fourth-order valence-corrected chi connectivity index (χ4v) is 5.72. The number of ether oxygens (including phenoxy) is 3. The summed E-state index contributed by atoms with van der Waals surface area (Å²) in [6, 6.07) is 18.9. The molecule has 0 spiro atoms. The number of hydrogen-bond donors (Lipinski definition) is 0. The summed E-state index contributed by atoms with van der Waals surface area (Å²) < 4.78 is 17.1. The molecule has 1 amide bonds. The van der Waals surface area contributed by atoms with Crippen molar-refractivity contribution in [2.75, 3.05) is 26.0 Å². The number of amides is 1. The van der Waals surface area contributed by atoms with E-state index in [0.717, 1.165) is 27.1 Å². The summed E-state index contributed by atoms with van der Waals surface area (Å²) in [6.45, 7) is 11.7. The van der Waals surface area contributed by atoms with Crippen molar-refractivity contribution in [3.63, 3.8) is 0 Å². The maximum Gasteiger partial charge on any atom is 0.415 e. The van der Waals surface area contributed by atoms with Gasteiger partial charge < -0.3 is 19.1 Å². The Morgan fingerprint density at radius 3 is 2.17 bits per heavy atom. The quantitative estimate of drug-likeness (QED) is 0.149. The summed E-state index contributed by atoms with van der Waals surface area (Å²) in [5.74, 6) is -0.0784. The normalized spacial score (nSPS) is 16.7. The predicted octanol–water partition coefficient (Wildman–Crippen LogP) is 7.15. The Balaban J connectivity index is 1.66. The first kappa shape index (κ1) is 31.2. The average molecular weight is 590 g/mol. The van der Waals surface area contributed by atoms with Crippen LogP contribution in [0.1, 0.15) is 59.3 Å². The maximum atomic E-state index is 13.9. The Morgan fingerprint density at radius 1 is 0.929 bits per heavy atom. The molecular formula is C34H39NO6S. The van der Waals surface area contributed by atoms with E-state index in [4.69, 9.17) is 14.2 Å². The first-order valence-electron chi connectivity index (χ1n) is 14.1. The van der Waals surface area contributed by atoms with Crippen LogP contribution < -0.4 is 9.47 Å². The lowest BCUT2D eigenvalue weighted by Crippen LogP contribution is -2.40. The number of Topliss-reactive ketones (excluding diaryl/α,β-unsaturated/α-hetero) is 1. The molecule has 3 aromatic rings. The molecule has 1 heterocycles. The lowest BCUT2D eigenvalue weighted by molar-refractivity contribution is -0.158. The first-order chi connectivity index (χ1) is 19.9. The summed E-state index contributed by atoms with van der Waals surface area (Å²) in [5.41, 5.74) is 2.89. The molecule has 0 radical (unpaired) electrons. The number of rotatable bonds is 9. The van der Waals surface area contributed by atoms with Gasteiger partial charge in [0.2, 0.25) is 0 Å². The van der Waals surface area contributed by atoms with Gasteiger partial charge in [-0.15, -0.1) is 11.8 Å². The molecule has 4 rings (SSSR count). The first-order valence-corrected chi connectivity index (χ1v) is 15.4. The van der Waals surface area contributed by atoms with Crippen molar-refractivity contribution in [3.05, 3.63) is 88.5 Å². The molecule has 1 saturated heterocycles. The standard InChI is InChI=1S/C34H39NO6S/c1-8-39-32(37)34(5,6)41-31-22(3)17-25(18-23(31)4)27-19-35(33(38)40-29-12-10-9-11-21(29)2)20-28(27)30(36)24-13-15-26(42-7)16-14-24/h9-18,27-28H,8,19-20H2,1-7H3/t27-,28?/m1/s1. The highest BCUT2D eigenvalue weighted by molar-refractivity contribution is 7.98. The number of carbonyl (C=O) groups is 3. The second-order valence-electron chi connectivity index (χ2n) is 11.2. The van der Waals surface area contributed by atoms with E-state index < -0.39 is 23.6 Å². The van der Waals surface area contributed by atoms with Gasteiger partial charge in [0.05, 0.1) is 6.61 Å². The summed E-state index contributed by atoms with van der Waals surface area (Å²) >= 11 is 1.62. The number of likely N-dealkylation sites (tertiary alicyclic amines) is 1. The zero-order chi connectivity index (χ0) is 30.6. The van der Waals surface area contributed by atoms with Crippen molar-refractivity contribution < 1.29 is 28.6 Å². The average Bonchev–Trinajstić information content (AvgIpc) is 3.42. The van der Waals surface area contributed by atoms with E-state index >= 15 is 0 Å². The van der Waals surface area contributed by atoms with Gasteiger partial charge in [-0.25, -0.2) is 9.59 Å². The van der Waals surface area contributed by atoms with Crippen LogP contribution in [-0.2, 0) is 9.53 Å². The molecule has 222 valence electrons. The molecule has 1 aliphatic heterocycles. The molecule has 1 unspecified atom stereocenters. The molecule has 0 aliphatic carbocycles. The minimum absolute atomic E-state index is 0.0158. The summed E-state index contributed by atoms with van der Waals surface area (Å²) in [6.07, 6.45) is 1.51. The molecule has 0 bridgehead atoms. The summed E-state index contributed by atoms with van der Waals surface area (Å²) in [7, 11) is 0. The number of nitrogens with zero attached hydrogens (tertiary/aromatic N) is 1. The Kier molecular flexibility index (Phi) is 9.67. The highest BCUT2D eigenvalue weighted by atomic mass is 32.2. The third-order valence-corrected chi connectivity index (χ3v) is 8.36. The van der Waals surface area contributed by atoms with Crippen LogP contribution in [0.2, 0.25) is 0 Å². The van der Waals surface area contributed by atoms with E-state index in [-0.39, 0.29) is 24.9 Å². The largest absolute Gasteiger partial charge is 0.476 e. The number of ketones is 1. The molecule has 1 aliphatic rings. The lowest BCUT2D eigenvalue weighted by Gasteiger charge is -2.27. The van der Waals surface area contributed by atoms with E-state index in [9.17, 15) is 14.4 Å². The molecule has 1 fully saturated rings. The highest BCUT2D eigenvalue weighted by Crippen LogP contribution is 2.39. The van der Waals surface area contributed by atoms with E-state index in [1.807, 2.05) is 81.6 Å². The third kappa shape index (κ3) is 6.81. The number of thioether (sulfide) groups is 1. The number of aryl methyl sites for hydroxylation is 3. The van der Waals surface area contributed by atoms with Crippen molar-refractivity contribution in [1.29, 1.82) is 0 Å². The van der Waals surface area contributed by atoms with E-state index in [0.29, 0.717) is 23.6 Å². The van der Waals surface area contributed by atoms with E-state index in [2.05, 4.69) is 0 Å². The SMILES string of the molecule is CCOC(=O)C(C)(C)Oc1c(C)cc([C@H]2CN(C(=O)Oc3ccccc3C)CC2C(=O)c2ccc(SC)cc2)cc1C. The van der Waals surface area contributed by atoms with Crippen molar-refractivity contribution in [2.24, 2.45) is 5.92 Å². The van der Waals surface area contributed by atoms with Gasteiger partial charge >= 0.3 is 12.1 Å². The molecule has 42 heavy (non-hydrogen) atoms. The van der Waals surface area contributed by atoms with Crippen LogP contribution in [0.15, 0.2) is 65.6 Å². The van der Waals surface area contributed by atoms with Gasteiger partial charge in [0.15, 0.2) is 11.4 Å². The number of carbonyl (C=O) groups excluding carboxylic acids is 3. The Hall–Kier alpha value is -3.78. The fourth-order valence-electron chi connectivity index (χ4n) is 5.32. The second-order valence-corrected chi connectivity index (χ2v) is 12.0. The molecule has 0 aromatic heterocycles. The lowest BCUT2D eigenvalue weighted by atomic mass is 9.82. The van der Waals surface area contributed by atoms with Crippen LogP contribution in [0.5, 0.6) is 11.5 Å². The van der Waals surface area contributed by atoms with Crippen LogP contribution in [0, 0.1) is 26.7 Å². The van der Waals surface area contributed by atoms with Gasteiger partial charge in [0.25, 0.3) is 0 Å². The van der Waals surface area contributed by atoms with E-state index in [1.165, 1.54) is 0 Å². The number of esters is 1. The van der Waals surface area contributed by atoms with E-state index in [1.54, 1.807) is 43.5 Å². The zero-order valence-corrected chi connectivity index (χ0v) is 26.2. The summed E-state index contributed by atoms with van der Waals surface area (Å²) in [5, 5.41) is 0. The Morgan fingerprint density at radius 2 is 1.57 bits per heavy atom. The molecule has 7 nitrogen and oxygen atoms in total. The van der Waals surface area contributed by atoms with Crippen LogP contribution in [-0.4, -0.2) is 54.3 Å². The van der Waals surface area contributed by atoms with Crippen LogP contribution in [0.3, 0.4) is 0 Å². The monoisotopic (exact) mass is 589 g/mol. The third-order valence-electron chi connectivity index (χ3n) is 7.62. The number of benzene rings is 3. The van der Waals surface area contributed by atoms with Crippen LogP contribution in [0.25, 0.3) is 0 Å². The van der Waals surface area contributed by atoms with Gasteiger partial charge in [0, 0.05) is 35.4 Å². The molecule has 2 atom stereocenters. The Bertz CT molecular complexity index is 1440. The zero-order valence-electron chi connectivity index (χ0n) is 25.4. The maximum absolute atomic E-state index is 13.9. The van der Waals surface area contributed by atoms with Gasteiger partial charge in [-0.2, -0.15) is 0 Å². The van der Waals surface area contributed by atoms with Gasteiger partial charge in [-0.05, 0) is 88.3 Å². The molecule has 0 saturated carbocycles. The minimum atomic E-state index is -1.17. The van der Waals surface area contributed by atoms with Crippen molar-refractivity contribution in [1.82, 2.24) is 4.90 Å². The Labute approximate surface area is 252 Å². The van der Waals surface area contributed by atoms with Crippen LogP contribution >= 0.6 is 11.8 Å². The van der Waals surface area contributed by atoms with Gasteiger partial charge in [-0.1, -0.05) is 42.5 Å². The molecule has 3 aromatic carbocycles. The second kappa shape index (κ2) is 13.0. The van der Waals surface area contributed by atoms with Crippen molar-refractivity contribution >= 4 is 29.6 Å². The topological polar surface area (TPSA) is 82.1 Å². The fraction of sp³-hybridized carbons (Fsp3) is 0.382. The van der Waals surface area contributed by atoms with Gasteiger partial charge in [0.1, 0.15) is 11.5 Å². The minimum Gasteiger partial charge on any atom is -0.476 e. The molecule has 8 heteroatoms. The van der Waals surface area contributed by atoms with Gasteiger partial charge in [-0.3, -0.25) is 4.79 Å².